The Bertz CT molecular complexity index is 331. The van der Waals surface area contributed by atoms with E-state index in [-0.39, 0.29) is 0 Å². The fraction of sp³-hybridized carbons (Fsp3) is 0.462. The standard InChI is InChI=1S/C13H19NO/c1-4-10-7-11(5-2)13(9-14-15)12(6-3)8-10/h7-9,15H,4-6H2,1-3H3/b14-9+. The second-order valence-corrected chi connectivity index (χ2v) is 3.63. The van der Waals surface area contributed by atoms with Crippen LogP contribution in [0.2, 0.25) is 0 Å². The molecule has 0 aromatic heterocycles. The van der Waals surface area contributed by atoms with Crippen LogP contribution in [0, 0.1) is 0 Å². The molecule has 0 bridgehead atoms. The van der Waals surface area contributed by atoms with E-state index >= 15 is 0 Å². The maximum atomic E-state index is 8.66. The van der Waals surface area contributed by atoms with Crippen LogP contribution in [0.5, 0.6) is 0 Å². The summed E-state index contributed by atoms with van der Waals surface area (Å²) in [6, 6.07) is 4.41. The molecule has 0 amide bonds. The van der Waals surface area contributed by atoms with Crippen LogP contribution in [-0.4, -0.2) is 11.4 Å². The van der Waals surface area contributed by atoms with Crippen molar-refractivity contribution in [3.63, 3.8) is 0 Å². The molecule has 15 heavy (non-hydrogen) atoms. The normalized spacial score (nSPS) is 11.1. The van der Waals surface area contributed by atoms with E-state index in [1.165, 1.54) is 16.7 Å². The van der Waals surface area contributed by atoms with E-state index in [0.29, 0.717) is 0 Å². The molecule has 1 N–H and O–H groups in total. The number of rotatable bonds is 4. The molecular formula is C13H19NO. The van der Waals surface area contributed by atoms with E-state index in [4.69, 9.17) is 5.21 Å². The summed E-state index contributed by atoms with van der Waals surface area (Å²) in [5.74, 6) is 0. The lowest BCUT2D eigenvalue weighted by molar-refractivity contribution is 0.322. The number of hydrogen-bond donors (Lipinski definition) is 1. The quantitative estimate of drug-likeness (QED) is 0.457. The van der Waals surface area contributed by atoms with Crippen molar-refractivity contribution >= 4 is 6.21 Å². The molecule has 0 spiro atoms. The Morgan fingerprint density at radius 2 is 1.60 bits per heavy atom. The summed E-state index contributed by atoms with van der Waals surface area (Å²) in [5, 5.41) is 11.8. The van der Waals surface area contributed by atoms with Crippen molar-refractivity contribution in [1.82, 2.24) is 0 Å². The molecule has 0 heterocycles. The van der Waals surface area contributed by atoms with Gasteiger partial charge in [-0.3, -0.25) is 0 Å². The molecule has 1 aromatic rings. The van der Waals surface area contributed by atoms with Gasteiger partial charge >= 0.3 is 0 Å². The second kappa shape index (κ2) is 5.54. The lowest BCUT2D eigenvalue weighted by Crippen LogP contribution is -2.00. The highest BCUT2D eigenvalue weighted by atomic mass is 16.4. The van der Waals surface area contributed by atoms with Crippen LogP contribution >= 0.6 is 0 Å². The van der Waals surface area contributed by atoms with Gasteiger partial charge in [-0.1, -0.05) is 38.1 Å². The smallest absolute Gasteiger partial charge is 0.0739 e. The Hall–Kier alpha value is -1.31. The largest absolute Gasteiger partial charge is 0.411 e. The van der Waals surface area contributed by atoms with Gasteiger partial charge in [0.05, 0.1) is 6.21 Å². The Morgan fingerprint density at radius 1 is 1.07 bits per heavy atom. The van der Waals surface area contributed by atoms with Gasteiger partial charge in [0.25, 0.3) is 0 Å². The van der Waals surface area contributed by atoms with Crippen LogP contribution < -0.4 is 0 Å². The molecule has 2 nitrogen and oxygen atoms in total. The van der Waals surface area contributed by atoms with E-state index in [1.807, 2.05) is 0 Å². The van der Waals surface area contributed by atoms with Crippen molar-refractivity contribution in [3.8, 4) is 0 Å². The molecule has 0 unspecified atom stereocenters. The van der Waals surface area contributed by atoms with Gasteiger partial charge in [-0.15, -0.1) is 0 Å². The van der Waals surface area contributed by atoms with E-state index in [1.54, 1.807) is 6.21 Å². The number of nitrogens with zero attached hydrogens (tertiary/aromatic N) is 1. The van der Waals surface area contributed by atoms with Crippen LogP contribution in [-0.2, 0) is 19.3 Å². The maximum Gasteiger partial charge on any atom is 0.0739 e. The summed E-state index contributed by atoms with van der Waals surface area (Å²) in [4.78, 5) is 0. The molecule has 82 valence electrons. The summed E-state index contributed by atoms with van der Waals surface area (Å²) in [6.45, 7) is 6.42. The second-order valence-electron chi connectivity index (χ2n) is 3.63. The van der Waals surface area contributed by atoms with Crippen LogP contribution in [0.15, 0.2) is 17.3 Å². The molecule has 0 aliphatic heterocycles. The Labute approximate surface area is 91.6 Å². The third kappa shape index (κ3) is 2.58. The molecule has 0 aliphatic carbocycles. The van der Waals surface area contributed by atoms with E-state index < -0.39 is 0 Å². The lowest BCUT2D eigenvalue weighted by Gasteiger charge is -2.11. The molecular weight excluding hydrogens is 186 g/mol. The van der Waals surface area contributed by atoms with Crippen molar-refractivity contribution in [2.75, 3.05) is 0 Å². The summed E-state index contributed by atoms with van der Waals surface area (Å²) >= 11 is 0. The van der Waals surface area contributed by atoms with Crippen molar-refractivity contribution < 1.29 is 5.21 Å². The molecule has 2 heteroatoms. The summed E-state index contributed by atoms with van der Waals surface area (Å²) in [6.07, 6.45) is 4.55. The fourth-order valence-electron chi connectivity index (χ4n) is 1.86. The first-order valence-corrected chi connectivity index (χ1v) is 5.58. The Morgan fingerprint density at radius 3 is 1.93 bits per heavy atom. The van der Waals surface area contributed by atoms with Gasteiger partial charge in [-0.05, 0) is 36.0 Å². The van der Waals surface area contributed by atoms with Crippen LogP contribution in [0.1, 0.15) is 43.0 Å². The van der Waals surface area contributed by atoms with Crippen molar-refractivity contribution in [3.05, 3.63) is 34.4 Å². The predicted octanol–water partition coefficient (Wildman–Crippen LogP) is 3.18. The van der Waals surface area contributed by atoms with Gasteiger partial charge in [-0.25, -0.2) is 0 Å². The van der Waals surface area contributed by atoms with E-state index in [2.05, 4.69) is 38.1 Å². The lowest BCUT2D eigenvalue weighted by atomic mass is 9.94. The van der Waals surface area contributed by atoms with Crippen molar-refractivity contribution in [2.45, 2.75) is 40.0 Å². The summed E-state index contributed by atoms with van der Waals surface area (Å²) < 4.78 is 0. The predicted molar refractivity (Wildman–Crippen MR) is 64.0 cm³/mol. The third-order valence-corrected chi connectivity index (χ3v) is 2.77. The van der Waals surface area contributed by atoms with E-state index in [9.17, 15) is 0 Å². The first kappa shape index (κ1) is 11.8. The number of hydrogen-bond acceptors (Lipinski definition) is 2. The minimum Gasteiger partial charge on any atom is -0.411 e. The average Bonchev–Trinajstić information content (AvgIpc) is 2.29. The minimum atomic E-state index is 0.974. The topological polar surface area (TPSA) is 32.6 Å². The van der Waals surface area contributed by atoms with Gasteiger partial charge in [-0.2, -0.15) is 0 Å². The number of benzene rings is 1. The highest BCUT2D eigenvalue weighted by Crippen LogP contribution is 2.18. The molecule has 0 saturated carbocycles. The molecule has 1 aromatic carbocycles. The zero-order valence-electron chi connectivity index (χ0n) is 9.75. The van der Waals surface area contributed by atoms with Crippen LogP contribution in [0.3, 0.4) is 0 Å². The highest BCUT2D eigenvalue weighted by Gasteiger charge is 2.06. The number of oxime groups is 1. The zero-order valence-corrected chi connectivity index (χ0v) is 9.75. The summed E-state index contributed by atoms with van der Waals surface area (Å²) in [5.41, 5.74) is 4.98. The molecule has 0 saturated heterocycles. The molecule has 0 aliphatic rings. The molecule has 0 radical (unpaired) electrons. The summed E-state index contributed by atoms with van der Waals surface area (Å²) in [7, 11) is 0. The van der Waals surface area contributed by atoms with Crippen LogP contribution in [0.4, 0.5) is 0 Å². The maximum absolute atomic E-state index is 8.66. The third-order valence-electron chi connectivity index (χ3n) is 2.77. The molecule has 0 atom stereocenters. The molecule has 1 rings (SSSR count). The average molecular weight is 205 g/mol. The first-order chi connectivity index (χ1) is 7.26. The zero-order chi connectivity index (χ0) is 11.3. The van der Waals surface area contributed by atoms with Gasteiger partial charge in [0.1, 0.15) is 0 Å². The Kier molecular flexibility index (Phi) is 4.35. The Balaban J connectivity index is 3.32. The number of aryl methyl sites for hydroxylation is 3. The van der Waals surface area contributed by atoms with Gasteiger partial charge in [0.2, 0.25) is 0 Å². The minimum absolute atomic E-state index is 0.974. The van der Waals surface area contributed by atoms with E-state index in [0.717, 1.165) is 24.8 Å². The van der Waals surface area contributed by atoms with Crippen LogP contribution in [0.25, 0.3) is 0 Å². The first-order valence-electron chi connectivity index (χ1n) is 5.58. The monoisotopic (exact) mass is 205 g/mol. The SMILES string of the molecule is CCc1cc(CC)c(/C=N/O)c(CC)c1. The van der Waals surface area contributed by atoms with Gasteiger partial charge < -0.3 is 5.21 Å². The molecule has 0 fully saturated rings. The van der Waals surface area contributed by atoms with Gasteiger partial charge in [0.15, 0.2) is 0 Å². The fourth-order valence-corrected chi connectivity index (χ4v) is 1.86. The van der Waals surface area contributed by atoms with Gasteiger partial charge in [0, 0.05) is 5.56 Å². The highest BCUT2D eigenvalue weighted by molar-refractivity contribution is 5.83. The van der Waals surface area contributed by atoms with Crippen molar-refractivity contribution in [2.24, 2.45) is 5.16 Å². The van der Waals surface area contributed by atoms with Crippen molar-refractivity contribution in [1.29, 1.82) is 0 Å².